The number of benzene rings is 2. The van der Waals surface area contributed by atoms with Crippen LogP contribution >= 0.6 is 0 Å². The number of carbonyl (C=O) groups excluding carboxylic acids is 2. The second kappa shape index (κ2) is 13.0. The first-order valence-electron chi connectivity index (χ1n) is 11.3. The van der Waals surface area contributed by atoms with Crippen LogP contribution < -0.4 is 11.1 Å². The maximum atomic E-state index is 12.9. The molecule has 2 aromatic carbocycles. The van der Waals surface area contributed by atoms with E-state index in [0.717, 1.165) is 23.1 Å². The molecule has 0 aromatic heterocycles. The standard InChI is InChI=1S/C25H33N3O4/c26-12-15-31-17-18-32-16-13-27-25(30)23-7-4-14-28(23)24(29)19-20-8-10-22(11-9-20)21-5-2-1-3-6-21/h1-3,5-6,8-11,23H,4,7,12-19,26H2,(H,27,30). The van der Waals surface area contributed by atoms with Crippen molar-refractivity contribution in [3.05, 3.63) is 60.2 Å². The largest absolute Gasteiger partial charge is 0.378 e. The molecule has 3 rings (SSSR count). The topological polar surface area (TPSA) is 93.9 Å². The first kappa shape index (κ1) is 23.9. The van der Waals surface area contributed by atoms with Gasteiger partial charge in [-0.1, -0.05) is 54.6 Å². The fraction of sp³-hybridized carbons (Fsp3) is 0.440. The van der Waals surface area contributed by atoms with Crippen LogP contribution in [0.25, 0.3) is 11.1 Å². The third kappa shape index (κ3) is 7.15. The quantitative estimate of drug-likeness (QED) is 0.494. The molecule has 1 saturated heterocycles. The Labute approximate surface area is 189 Å². The molecular formula is C25H33N3O4. The highest BCUT2D eigenvalue weighted by atomic mass is 16.5. The van der Waals surface area contributed by atoms with Gasteiger partial charge in [-0.05, 0) is 29.5 Å². The monoisotopic (exact) mass is 439 g/mol. The molecular weight excluding hydrogens is 406 g/mol. The molecule has 0 radical (unpaired) electrons. The van der Waals surface area contributed by atoms with Crippen LogP contribution in [0.15, 0.2) is 54.6 Å². The predicted octanol–water partition coefficient (Wildman–Crippen LogP) is 2.00. The van der Waals surface area contributed by atoms with Crippen molar-refractivity contribution in [2.45, 2.75) is 25.3 Å². The van der Waals surface area contributed by atoms with Gasteiger partial charge in [-0.25, -0.2) is 0 Å². The number of nitrogens with zero attached hydrogens (tertiary/aromatic N) is 1. The minimum Gasteiger partial charge on any atom is -0.378 e. The molecule has 0 spiro atoms. The van der Waals surface area contributed by atoms with Gasteiger partial charge in [0.05, 0.1) is 32.8 Å². The number of nitrogens with two attached hydrogens (primary N) is 1. The first-order valence-corrected chi connectivity index (χ1v) is 11.3. The van der Waals surface area contributed by atoms with E-state index in [1.165, 1.54) is 0 Å². The molecule has 1 unspecified atom stereocenters. The van der Waals surface area contributed by atoms with E-state index < -0.39 is 6.04 Å². The summed E-state index contributed by atoms with van der Waals surface area (Å²) < 4.78 is 10.7. The number of carbonyl (C=O) groups is 2. The maximum absolute atomic E-state index is 12.9. The molecule has 172 valence electrons. The Morgan fingerprint density at radius 3 is 2.34 bits per heavy atom. The smallest absolute Gasteiger partial charge is 0.242 e. The third-order valence-electron chi connectivity index (χ3n) is 5.47. The minimum atomic E-state index is -0.404. The Morgan fingerprint density at radius 1 is 0.938 bits per heavy atom. The van der Waals surface area contributed by atoms with Gasteiger partial charge in [0, 0.05) is 19.6 Å². The van der Waals surface area contributed by atoms with Crippen LogP contribution in [0.1, 0.15) is 18.4 Å². The fourth-order valence-electron chi connectivity index (χ4n) is 3.83. The number of rotatable bonds is 12. The van der Waals surface area contributed by atoms with E-state index in [1.54, 1.807) is 4.90 Å². The van der Waals surface area contributed by atoms with E-state index in [4.69, 9.17) is 15.2 Å². The predicted molar refractivity (Wildman–Crippen MR) is 124 cm³/mol. The van der Waals surface area contributed by atoms with Crippen molar-refractivity contribution in [1.82, 2.24) is 10.2 Å². The van der Waals surface area contributed by atoms with E-state index in [9.17, 15) is 9.59 Å². The summed E-state index contributed by atoms with van der Waals surface area (Å²) >= 11 is 0. The van der Waals surface area contributed by atoms with Crippen molar-refractivity contribution in [3.63, 3.8) is 0 Å². The Morgan fingerprint density at radius 2 is 1.62 bits per heavy atom. The van der Waals surface area contributed by atoms with Crippen molar-refractivity contribution < 1.29 is 19.1 Å². The third-order valence-corrected chi connectivity index (χ3v) is 5.47. The highest BCUT2D eigenvalue weighted by Gasteiger charge is 2.33. The zero-order valence-electron chi connectivity index (χ0n) is 18.5. The van der Waals surface area contributed by atoms with E-state index in [1.807, 2.05) is 42.5 Å². The summed E-state index contributed by atoms with van der Waals surface area (Å²) in [7, 11) is 0. The zero-order valence-corrected chi connectivity index (χ0v) is 18.5. The van der Waals surface area contributed by atoms with Gasteiger partial charge in [0.1, 0.15) is 6.04 Å². The molecule has 1 aliphatic heterocycles. The molecule has 32 heavy (non-hydrogen) atoms. The van der Waals surface area contributed by atoms with Crippen LogP contribution in [-0.4, -0.2) is 68.8 Å². The lowest BCUT2D eigenvalue weighted by atomic mass is 10.0. The van der Waals surface area contributed by atoms with Gasteiger partial charge in [-0.3, -0.25) is 9.59 Å². The summed E-state index contributed by atoms with van der Waals surface area (Å²) in [6.45, 7) is 3.40. The molecule has 1 aliphatic rings. The van der Waals surface area contributed by atoms with Crippen LogP contribution in [0.4, 0.5) is 0 Å². The molecule has 7 heteroatoms. The SMILES string of the molecule is NCCOCCOCCNC(=O)C1CCCN1C(=O)Cc1ccc(-c2ccccc2)cc1. The Kier molecular flexibility index (Phi) is 9.68. The molecule has 0 saturated carbocycles. The van der Waals surface area contributed by atoms with Gasteiger partial charge >= 0.3 is 0 Å². The van der Waals surface area contributed by atoms with Gasteiger partial charge in [0.2, 0.25) is 11.8 Å². The molecule has 3 N–H and O–H groups in total. The average molecular weight is 440 g/mol. The summed E-state index contributed by atoms with van der Waals surface area (Å²) in [5.74, 6) is -0.123. The van der Waals surface area contributed by atoms with Crippen LogP contribution in [0.3, 0.4) is 0 Å². The summed E-state index contributed by atoms with van der Waals surface area (Å²) in [4.78, 5) is 27.2. The number of amides is 2. The van der Waals surface area contributed by atoms with E-state index >= 15 is 0 Å². The highest BCUT2D eigenvalue weighted by molar-refractivity contribution is 5.89. The lowest BCUT2D eigenvalue weighted by molar-refractivity contribution is -0.138. The van der Waals surface area contributed by atoms with Gasteiger partial charge in [0.15, 0.2) is 0 Å². The van der Waals surface area contributed by atoms with Gasteiger partial charge in [0.25, 0.3) is 0 Å². The fourth-order valence-corrected chi connectivity index (χ4v) is 3.83. The summed E-state index contributed by atoms with van der Waals surface area (Å²) in [5, 5.41) is 2.88. The van der Waals surface area contributed by atoms with Crippen LogP contribution in [0.2, 0.25) is 0 Å². The lowest BCUT2D eigenvalue weighted by Crippen LogP contribution is -2.47. The molecule has 1 heterocycles. The Bertz CT molecular complexity index is 842. The second-order valence-corrected chi connectivity index (χ2v) is 7.79. The van der Waals surface area contributed by atoms with E-state index in [-0.39, 0.29) is 11.8 Å². The minimum absolute atomic E-state index is 0.0107. The van der Waals surface area contributed by atoms with Crippen molar-refractivity contribution in [2.75, 3.05) is 46.1 Å². The molecule has 2 aromatic rings. The second-order valence-electron chi connectivity index (χ2n) is 7.79. The molecule has 2 amide bonds. The van der Waals surface area contributed by atoms with E-state index in [0.29, 0.717) is 58.9 Å². The lowest BCUT2D eigenvalue weighted by Gasteiger charge is -2.24. The first-order chi connectivity index (χ1) is 15.7. The number of likely N-dealkylation sites (tertiary alicyclic amines) is 1. The Hall–Kier alpha value is -2.74. The number of hydrogen-bond acceptors (Lipinski definition) is 5. The van der Waals surface area contributed by atoms with Crippen LogP contribution in [-0.2, 0) is 25.5 Å². The summed E-state index contributed by atoms with van der Waals surface area (Å²) in [6.07, 6.45) is 1.83. The molecule has 0 aliphatic carbocycles. The molecule has 0 bridgehead atoms. The molecule has 7 nitrogen and oxygen atoms in total. The van der Waals surface area contributed by atoms with Crippen molar-refractivity contribution in [1.29, 1.82) is 0 Å². The van der Waals surface area contributed by atoms with Crippen molar-refractivity contribution in [3.8, 4) is 11.1 Å². The van der Waals surface area contributed by atoms with Gasteiger partial charge in [-0.2, -0.15) is 0 Å². The molecule has 1 atom stereocenters. The van der Waals surface area contributed by atoms with Crippen LogP contribution in [0.5, 0.6) is 0 Å². The molecule has 1 fully saturated rings. The van der Waals surface area contributed by atoms with Crippen LogP contribution in [0, 0.1) is 0 Å². The average Bonchev–Trinajstić information content (AvgIpc) is 3.32. The number of ether oxygens (including phenoxy) is 2. The van der Waals surface area contributed by atoms with E-state index in [2.05, 4.69) is 17.4 Å². The Balaban J connectivity index is 1.43. The number of hydrogen-bond donors (Lipinski definition) is 2. The normalized spacial score (nSPS) is 15.7. The van der Waals surface area contributed by atoms with Crippen molar-refractivity contribution in [2.24, 2.45) is 5.73 Å². The highest BCUT2D eigenvalue weighted by Crippen LogP contribution is 2.22. The zero-order chi connectivity index (χ0) is 22.6. The number of nitrogens with one attached hydrogen (secondary N) is 1. The maximum Gasteiger partial charge on any atom is 0.242 e. The summed E-state index contributed by atoms with van der Waals surface area (Å²) in [5.41, 5.74) is 8.56. The van der Waals surface area contributed by atoms with Gasteiger partial charge in [-0.15, -0.1) is 0 Å². The van der Waals surface area contributed by atoms with Gasteiger partial charge < -0.3 is 25.4 Å². The summed E-state index contributed by atoms with van der Waals surface area (Å²) in [6, 6.07) is 17.8. The van der Waals surface area contributed by atoms with Crippen molar-refractivity contribution >= 4 is 11.8 Å².